The molecular formula is C13H15BrN2O2. The molecule has 0 spiro atoms. The molecule has 2 amide bonds. The van der Waals surface area contributed by atoms with Gasteiger partial charge in [-0.15, -0.1) is 0 Å². The number of nitrogens with one attached hydrogen (secondary N) is 2. The first-order chi connectivity index (χ1) is 8.40. The summed E-state index contributed by atoms with van der Waals surface area (Å²) in [5, 5.41) is 5.58. The summed E-state index contributed by atoms with van der Waals surface area (Å²) >= 11 is 3.38. The number of hydrogen-bond donors (Lipinski definition) is 2. The number of amides is 2. The number of benzene rings is 1. The second-order valence-electron chi connectivity index (χ2n) is 4.93. The van der Waals surface area contributed by atoms with Gasteiger partial charge in [-0.1, -0.05) is 15.9 Å². The van der Waals surface area contributed by atoms with E-state index in [1.165, 1.54) is 0 Å². The average Bonchev–Trinajstić information content (AvgIpc) is 2.64. The summed E-state index contributed by atoms with van der Waals surface area (Å²) in [4.78, 5) is 23.4. The standard InChI is InChI=1S/C13H15BrN2O2/c1-8-5-9(14)3-4-10(8)16-12(18)13(2)6-11(17)15-7-13/h3-5H,6-7H2,1-2H3,(H,15,17)(H,16,18). The Bertz CT molecular complexity index is 516. The van der Waals surface area contributed by atoms with Crippen LogP contribution in [0.15, 0.2) is 22.7 Å². The molecule has 0 saturated carbocycles. The Labute approximate surface area is 114 Å². The van der Waals surface area contributed by atoms with Gasteiger partial charge in [0.2, 0.25) is 11.8 Å². The molecular weight excluding hydrogens is 296 g/mol. The van der Waals surface area contributed by atoms with Crippen LogP contribution in [-0.4, -0.2) is 18.4 Å². The van der Waals surface area contributed by atoms with Crippen molar-refractivity contribution in [3.05, 3.63) is 28.2 Å². The van der Waals surface area contributed by atoms with E-state index in [4.69, 9.17) is 0 Å². The van der Waals surface area contributed by atoms with Gasteiger partial charge in [0.1, 0.15) is 0 Å². The first-order valence-electron chi connectivity index (χ1n) is 5.75. The number of aryl methyl sites for hydroxylation is 1. The molecule has 1 unspecified atom stereocenters. The van der Waals surface area contributed by atoms with Gasteiger partial charge in [-0.2, -0.15) is 0 Å². The van der Waals surface area contributed by atoms with E-state index < -0.39 is 5.41 Å². The number of anilines is 1. The lowest BCUT2D eigenvalue weighted by atomic mass is 9.88. The molecule has 2 rings (SSSR count). The van der Waals surface area contributed by atoms with Crippen molar-refractivity contribution in [2.24, 2.45) is 5.41 Å². The molecule has 18 heavy (non-hydrogen) atoms. The van der Waals surface area contributed by atoms with Gasteiger partial charge in [-0.25, -0.2) is 0 Å². The van der Waals surface area contributed by atoms with Gasteiger partial charge in [0.15, 0.2) is 0 Å². The average molecular weight is 311 g/mol. The highest BCUT2D eigenvalue weighted by Crippen LogP contribution is 2.28. The fourth-order valence-corrected chi connectivity index (χ4v) is 2.45. The van der Waals surface area contributed by atoms with Gasteiger partial charge in [-0.05, 0) is 37.6 Å². The lowest BCUT2D eigenvalue weighted by Gasteiger charge is -2.21. The second kappa shape index (κ2) is 4.72. The Morgan fingerprint density at radius 1 is 1.50 bits per heavy atom. The largest absolute Gasteiger partial charge is 0.355 e. The molecule has 1 atom stereocenters. The quantitative estimate of drug-likeness (QED) is 0.880. The normalized spacial score (nSPS) is 22.7. The predicted octanol–water partition coefficient (Wildman–Crippen LogP) is 2.22. The van der Waals surface area contributed by atoms with Crippen LogP contribution in [0.5, 0.6) is 0 Å². The fraction of sp³-hybridized carbons (Fsp3) is 0.385. The van der Waals surface area contributed by atoms with Crippen LogP contribution in [0.1, 0.15) is 18.9 Å². The third-order valence-corrected chi connectivity index (χ3v) is 3.70. The van der Waals surface area contributed by atoms with Gasteiger partial charge in [0.25, 0.3) is 0 Å². The molecule has 1 heterocycles. The smallest absolute Gasteiger partial charge is 0.232 e. The van der Waals surface area contributed by atoms with Crippen LogP contribution in [-0.2, 0) is 9.59 Å². The highest BCUT2D eigenvalue weighted by Gasteiger charge is 2.40. The Morgan fingerprint density at radius 3 is 2.78 bits per heavy atom. The maximum atomic E-state index is 12.2. The first-order valence-corrected chi connectivity index (χ1v) is 6.54. The fourth-order valence-electron chi connectivity index (χ4n) is 1.97. The van der Waals surface area contributed by atoms with Gasteiger partial charge in [0.05, 0.1) is 5.41 Å². The molecule has 0 aromatic heterocycles. The topological polar surface area (TPSA) is 58.2 Å². The maximum absolute atomic E-state index is 12.2. The minimum atomic E-state index is -0.656. The van der Waals surface area contributed by atoms with E-state index >= 15 is 0 Å². The summed E-state index contributed by atoms with van der Waals surface area (Å²) < 4.78 is 0.974. The Morgan fingerprint density at radius 2 is 2.22 bits per heavy atom. The zero-order valence-corrected chi connectivity index (χ0v) is 11.9. The van der Waals surface area contributed by atoms with E-state index in [9.17, 15) is 9.59 Å². The van der Waals surface area contributed by atoms with E-state index in [0.717, 1.165) is 15.7 Å². The van der Waals surface area contributed by atoms with Crippen LogP contribution >= 0.6 is 15.9 Å². The second-order valence-corrected chi connectivity index (χ2v) is 5.84. The van der Waals surface area contributed by atoms with E-state index in [1.807, 2.05) is 25.1 Å². The molecule has 0 radical (unpaired) electrons. The molecule has 0 bridgehead atoms. The predicted molar refractivity (Wildman–Crippen MR) is 73.2 cm³/mol. The van der Waals surface area contributed by atoms with Crippen LogP contribution in [0.2, 0.25) is 0 Å². The molecule has 0 aliphatic carbocycles. The van der Waals surface area contributed by atoms with Crippen molar-refractivity contribution in [3.8, 4) is 0 Å². The van der Waals surface area contributed by atoms with E-state index in [2.05, 4.69) is 26.6 Å². The molecule has 96 valence electrons. The van der Waals surface area contributed by atoms with E-state index in [-0.39, 0.29) is 18.2 Å². The zero-order valence-electron chi connectivity index (χ0n) is 10.3. The monoisotopic (exact) mass is 310 g/mol. The van der Waals surface area contributed by atoms with Crippen molar-refractivity contribution in [1.29, 1.82) is 0 Å². The van der Waals surface area contributed by atoms with Crippen molar-refractivity contribution in [1.82, 2.24) is 5.32 Å². The van der Waals surface area contributed by atoms with Crippen molar-refractivity contribution in [2.45, 2.75) is 20.3 Å². The van der Waals surface area contributed by atoms with Crippen molar-refractivity contribution in [2.75, 3.05) is 11.9 Å². The molecule has 1 aliphatic rings. The zero-order chi connectivity index (χ0) is 13.3. The van der Waals surface area contributed by atoms with Crippen molar-refractivity contribution >= 4 is 33.4 Å². The highest BCUT2D eigenvalue weighted by molar-refractivity contribution is 9.10. The van der Waals surface area contributed by atoms with E-state index in [1.54, 1.807) is 6.92 Å². The molecule has 1 fully saturated rings. The number of rotatable bonds is 2. The summed E-state index contributed by atoms with van der Waals surface area (Å²) in [7, 11) is 0. The third-order valence-electron chi connectivity index (χ3n) is 3.21. The van der Waals surface area contributed by atoms with Crippen LogP contribution < -0.4 is 10.6 Å². The number of hydrogen-bond acceptors (Lipinski definition) is 2. The molecule has 2 N–H and O–H groups in total. The molecule has 1 aromatic rings. The van der Waals surface area contributed by atoms with Crippen LogP contribution in [0, 0.1) is 12.3 Å². The summed E-state index contributed by atoms with van der Waals surface area (Å²) in [5.74, 6) is -0.188. The molecule has 5 heteroatoms. The van der Waals surface area contributed by atoms with E-state index in [0.29, 0.717) is 6.54 Å². The lowest BCUT2D eigenvalue weighted by molar-refractivity contribution is -0.126. The summed E-state index contributed by atoms with van der Waals surface area (Å²) in [6, 6.07) is 5.67. The Kier molecular flexibility index (Phi) is 3.43. The summed E-state index contributed by atoms with van der Waals surface area (Å²) in [6.45, 7) is 4.13. The van der Waals surface area contributed by atoms with Crippen LogP contribution in [0.3, 0.4) is 0 Å². The van der Waals surface area contributed by atoms with Gasteiger partial charge >= 0.3 is 0 Å². The van der Waals surface area contributed by atoms with Crippen LogP contribution in [0.25, 0.3) is 0 Å². The van der Waals surface area contributed by atoms with Crippen molar-refractivity contribution < 1.29 is 9.59 Å². The van der Waals surface area contributed by atoms with Gasteiger partial charge < -0.3 is 10.6 Å². The molecule has 1 aliphatic heterocycles. The minimum Gasteiger partial charge on any atom is -0.355 e. The molecule has 1 saturated heterocycles. The SMILES string of the molecule is Cc1cc(Br)ccc1NC(=O)C1(C)CNC(=O)C1. The number of carbonyl (C=O) groups excluding carboxylic acids is 2. The molecule has 4 nitrogen and oxygen atoms in total. The third kappa shape index (κ3) is 2.56. The minimum absolute atomic E-state index is 0.0693. The number of carbonyl (C=O) groups is 2. The highest BCUT2D eigenvalue weighted by atomic mass is 79.9. The Balaban J connectivity index is 2.14. The van der Waals surface area contributed by atoms with Crippen LogP contribution in [0.4, 0.5) is 5.69 Å². The van der Waals surface area contributed by atoms with Crippen molar-refractivity contribution in [3.63, 3.8) is 0 Å². The molecule has 1 aromatic carbocycles. The maximum Gasteiger partial charge on any atom is 0.232 e. The summed E-state index contributed by atoms with van der Waals surface area (Å²) in [5.41, 5.74) is 1.11. The number of halogens is 1. The Hall–Kier alpha value is -1.36. The first kappa shape index (κ1) is 13.1. The summed E-state index contributed by atoms with van der Waals surface area (Å²) in [6.07, 6.45) is 0.244. The van der Waals surface area contributed by atoms with Gasteiger partial charge in [-0.3, -0.25) is 9.59 Å². The lowest BCUT2D eigenvalue weighted by Crippen LogP contribution is -2.35. The van der Waals surface area contributed by atoms with Gasteiger partial charge in [0, 0.05) is 23.1 Å².